The zero-order chi connectivity index (χ0) is 19.3. The molecule has 0 spiro atoms. The van der Waals surface area contributed by atoms with Gasteiger partial charge in [-0.25, -0.2) is 0 Å². The van der Waals surface area contributed by atoms with E-state index >= 15 is 0 Å². The van der Waals surface area contributed by atoms with Gasteiger partial charge in [0.2, 0.25) is 5.91 Å². The van der Waals surface area contributed by atoms with Crippen LogP contribution in [0.15, 0.2) is 12.1 Å². The standard InChI is InChI=1S/C20H31N7O/c1-16-22-23-18-6-7-19(24-27(16)18)26-14-8-17(9-15-26)20(28)21-10-5-13-25-11-3-2-4-12-25/h6-7,17H,2-5,8-15H2,1H3,(H,21,28). The van der Waals surface area contributed by atoms with Gasteiger partial charge in [0.25, 0.3) is 0 Å². The minimum Gasteiger partial charge on any atom is -0.356 e. The molecule has 2 aromatic rings. The van der Waals surface area contributed by atoms with E-state index in [4.69, 9.17) is 0 Å². The summed E-state index contributed by atoms with van der Waals surface area (Å²) in [6.45, 7) is 7.95. The van der Waals surface area contributed by atoms with Gasteiger partial charge in [0, 0.05) is 25.6 Å². The minimum absolute atomic E-state index is 0.117. The lowest BCUT2D eigenvalue weighted by Gasteiger charge is -2.32. The van der Waals surface area contributed by atoms with Crippen LogP contribution in [0, 0.1) is 12.8 Å². The lowest BCUT2D eigenvalue weighted by atomic mass is 9.96. The Hall–Kier alpha value is -2.22. The zero-order valence-corrected chi connectivity index (χ0v) is 16.8. The molecule has 0 bridgehead atoms. The number of rotatable bonds is 6. The van der Waals surface area contributed by atoms with Crippen molar-refractivity contribution in [3.05, 3.63) is 18.0 Å². The molecule has 2 fully saturated rings. The summed E-state index contributed by atoms with van der Waals surface area (Å²) in [6.07, 6.45) is 6.81. The van der Waals surface area contributed by atoms with Crippen LogP contribution in [0.4, 0.5) is 5.82 Å². The molecular formula is C20H31N7O. The summed E-state index contributed by atoms with van der Waals surface area (Å²) < 4.78 is 1.77. The van der Waals surface area contributed by atoms with Crippen molar-refractivity contribution in [1.29, 1.82) is 0 Å². The van der Waals surface area contributed by atoms with Crippen LogP contribution in [0.25, 0.3) is 5.65 Å². The van der Waals surface area contributed by atoms with Gasteiger partial charge in [-0.2, -0.15) is 4.52 Å². The highest BCUT2D eigenvalue weighted by atomic mass is 16.1. The molecule has 0 aliphatic carbocycles. The minimum atomic E-state index is 0.117. The van der Waals surface area contributed by atoms with Crippen molar-refractivity contribution in [3.63, 3.8) is 0 Å². The Bertz CT molecular complexity index is 791. The second-order valence-electron chi connectivity index (χ2n) is 8.02. The fourth-order valence-electron chi connectivity index (χ4n) is 4.27. The molecule has 4 heterocycles. The highest BCUT2D eigenvalue weighted by molar-refractivity contribution is 5.78. The van der Waals surface area contributed by atoms with Crippen LogP contribution in [-0.2, 0) is 4.79 Å². The average Bonchev–Trinajstić information content (AvgIpc) is 3.12. The van der Waals surface area contributed by atoms with Crippen molar-refractivity contribution in [2.75, 3.05) is 44.2 Å². The number of anilines is 1. The van der Waals surface area contributed by atoms with Crippen LogP contribution >= 0.6 is 0 Å². The molecule has 2 saturated heterocycles. The Morgan fingerprint density at radius 3 is 2.68 bits per heavy atom. The molecule has 8 nitrogen and oxygen atoms in total. The Kier molecular flexibility index (Phi) is 6.04. The lowest BCUT2D eigenvalue weighted by molar-refractivity contribution is -0.125. The Labute approximate surface area is 166 Å². The van der Waals surface area contributed by atoms with Crippen LogP contribution in [0.2, 0.25) is 0 Å². The van der Waals surface area contributed by atoms with Gasteiger partial charge in [-0.3, -0.25) is 4.79 Å². The number of aromatic nitrogens is 4. The summed E-state index contributed by atoms with van der Waals surface area (Å²) in [5, 5.41) is 15.9. The predicted molar refractivity (Wildman–Crippen MR) is 108 cm³/mol. The van der Waals surface area contributed by atoms with Crippen molar-refractivity contribution < 1.29 is 4.79 Å². The summed E-state index contributed by atoms with van der Waals surface area (Å²) >= 11 is 0. The molecule has 2 aliphatic heterocycles. The quantitative estimate of drug-likeness (QED) is 0.762. The monoisotopic (exact) mass is 385 g/mol. The van der Waals surface area contributed by atoms with Gasteiger partial charge >= 0.3 is 0 Å². The van der Waals surface area contributed by atoms with Crippen LogP contribution < -0.4 is 10.2 Å². The topological polar surface area (TPSA) is 78.7 Å². The number of aryl methyl sites for hydroxylation is 1. The van der Waals surface area contributed by atoms with Gasteiger partial charge in [-0.1, -0.05) is 6.42 Å². The van der Waals surface area contributed by atoms with Crippen molar-refractivity contribution in [3.8, 4) is 0 Å². The van der Waals surface area contributed by atoms with Gasteiger partial charge in [-0.15, -0.1) is 15.3 Å². The Morgan fingerprint density at radius 1 is 1.11 bits per heavy atom. The molecule has 1 N–H and O–H groups in total. The number of amides is 1. The van der Waals surface area contributed by atoms with E-state index in [1.54, 1.807) is 4.52 Å². The van der Waals surface area contributed by atoms with E-state index in [9.17, 15) is 4.79 Å². The number of carbonyl (C=O) groups is 1. The molecular weight excluding hydrogens is 354 g/mol. The maximum absolute atomic E-state index is 12.5. The highest BCUT2D eigenvalue weighted by Crippen LogP contribution is 2.22. The fourth-order valence-corrected chi connectivity index (χ4v) is 4.27. The number of likely N-dealkylation sites (tertiary alicyclic amines) is 1. The SMILES string of the molecule is Cc1nnc2ccc(N3CCC(C(=O)NCCCN4CCCCC4)CC3)nn12. The van der Waals surface area contributed by atoms with Crippen molar-refractivity contribution >= 4 is 17.4 Å². The van der Waals surface area contributed by atoms with E-state index in [-0.39, 0.29) is 11.8 Å². The third-order valence-electron chi connectivity index (χ3n) is 5.99. The number of piperidine rings is 2. The first-order valence-electron chi connectivity index (χ1n) is 10.6. The van der Waals surface area contributed by atoms with Gasteiger partial charge in [-0.05, 0) is 70.8 Å². The molecule has 2 aromatic heterocycles. The van der Waals surface area contributed by atoms with Gasteiger partial charge in [0.1, 0.15) is 5.82 Å². The number of hydrogen-bond acceptors (Lipinski definition) is 6. The number of nitrogens with one attached hydrogen (secondary N) is 1. The molecule has 0 aromatic carbocycles. The lowest BCUT2D eigenvalue weighted by Crippen LogP contribution is -2.41. The zero-order valence-electron chi connectivity index (χ0n) is 16.8. The molecule has 2 aliphatic rings. The molecule has 0 saturated carbocycles. The summed E-state index contributed by atoms with van der Waals surface area (Å²) in [5.74, 6) is 2.05. The summed E-state index contributed by atoms with van der Waals surface area (Å²) in [7, 11) is 0. The second kappa shape index (κ2) is 8.86. The van der Waals surface area contributed by atoms with Gasteiger partial charge < -0.3 is 15.1 Å². The molecule has 1 amide bonds. The average molecular weight is 386 g/mol. The highest BCUT2D eigenvalue weighted by Gasteiger charge is 2.25. The van der Waals surface area contributed by atoms with E-state index in [2.05, 4.69) is 30.4 Å². The number of hydrogen-bond donors (Lipinski definition) is 1. The molecule has 28 heavy (non-hydrogen) atoms. The number of carbonyl (C=O) groups excluding carboxylic acids is 1. The van der Waals surface area contributed by atoms with E-state index in [1.165, 1.54) is 32.4 Å². The van der Waals surface area contributed by atoms with Crippen molar-refractivity contribution in [2.24, 2.45) is 5.92 Å². The first-order valence-corrected chi connectivity index (χ1v) is 10.6. The van der Waals surface area contributed by atoms with E-state index in [1.807, 2.05) is 19.1 Å². The largest absolute Gasteiger partial charge is 0.356 e. The smallest absolute Gasteiger partial charge is 0.223 e. The number of fused-ring (bicyclic) bond motifs is 1. The summed E-state index contributed by atoms with van der Waals surface area (Å²) in [4.78, 5) is 17.3. The predicted octanol–water partition coefficient (Wildman–Crippen LogP) is 1.64. The Balaban J connectivity index is 1.20. The second-order valence-corrected chi connectivity index (χ2v) is 8.02. The molecule has 8 heteroatoms. The first-order chi connectivity index (χ1) is 13.7. The van der Waals surface area contributed by atoms with E-state index < -0.39 is 0 Å². The van der Waals surface area contributed by atoms with Crippen LogP contribution in [0.3, 0.4) is 0 Å². The van der Waals surface area contributed by atoms with Crippen molar-refractivity contribution in [1.82, 2.24) is 30.0 Å². The van der Waals surface area contributed by atoms with Crippen LogP contribution in [-0.4, -0.2) is 69.9 Å². The first kappa shape index (κ1) is 19.1. The van der Waals surface area contributed by atoms with Gasteiger partial charge in [0.15, 0.2) is 11.5 Å². The fraction of sp³-hybridized carbons (Fsp3) is 0.700. The number of nitrogens with zero attached hydrogens (tertiary/aromatic N) is 6. The molecule has 0 atom stereocenters. The van der Waals surface area contributed by atoms with E-state index in [0.717, 1.165) is 62.7 Å². The van der Waals surface area contributed by atoms with Crippen LogP contribution in [0.5, 0.6) is 0 Å². The van der Waals surface area contributed by atoms with Gasteiger partial charge in [0.05, 0.1) is 0 Å². The normalized spacial score (nSPS) is 19.2. The maximum Gasteiger partial charge on any atom is 0.223 e. The van der Waals surface area contributed by atoms with E-state index in [0.29, 0.717) is 0 Å². The molecule has 0 radical (unpaired) electrons. The maximum atomic E-state index is 12.5. The summed E-state index contributed by atoms with van der Waals surface area (Å²) in [5.41, 5.74) is 0.764. The molecule has 4 rings (SSSR count). The third-order valence-corrected chi connectivity index (χ3v) is 5.99. The summed E-state index contributed by atoms with van der Waals surface area (Å²) in [6, 6.07) is 3.94. The Morgan fingerprint density at radius 2 is 1.89 bits per heavy atom. The van der Waals surface area contributed by atoms with Crippen molar-refractivity contribution in [2.45, 2.75) is 45.4 Å². The third kappa shape index (κ3) is 4.43. The van der Waals surface area contributed by atoms with Crippen LogP contribution in [0.1, 0.15) is 44.3 Å². The molecule has 152 valence electrons. The molecule has 0 unspecified atom stereocenters.